The van der Waals surface area contributed by atoms with Crippen molar-refractivity contribution in [3.05, 3.63) is 29.3 Å². The summed E-state index contributed by atoms with van der Waals surface area (Å²) in [5, 5.41) is 7.76. The van der Waals surface area contributed by atoms with E-state index in [4.69, 9.17) is 4.74 Å². The van der Waals surface area contributed by atoms with Gasteiger partial charge in [0.25, 0.3) is 5.91 Å². The van der Waals surface area contributed by atoms with Gasteiger partial charge in [-0.2, -0.15) is 0 Å². The first-order chi connectivity index (χ1) is 9.99. The highest BCUT2D eigenvalue weighted by Gasteiger charge is 2.19. The second-order valence-electron chi connectivity index (χ2n) is 4.67. The summed E-state index contributed by atoms with van der Waals surface area (Å²) in [7, 11) is 1.45. The lowest BCUT2D eigenvalue weighted by Crippen LogP contribution is -2.44. The monoisotopic (exact) mass is 293 g/mol. The van der Waals surface area contributed by atoms with Crippen molar-refractivity contribution in [2.45, 2.75) is 33.4 Å². The molecule has 0 saturated carbocycles. The van der Waals surface area contributed by atoms with Gasteiger partial charge in [0, 0.05) is 19.2 Å². The predicted octanol–water partition coefficient (Wildman–Crippen LogP) is 1.33. The molecule has 6 nitrogen and oxygen atoms in total. The summed E-state index contributed by atoms with van der Waals surface area (Å²) >= 11 is 0. The molecular formula is C15H23N3O3. The Morgan fingerprint density at radius 3 is 2.67 bits per heavy atom. The molecule has 0 spiro atoms. The Hall–Kier alpha value is -2.08. The molecule has 0 aliphatic rings. The minimum absolute atomic E-state index is 0.480. The quantitative estimate of drug-likeness (QED) is 0.739. The Labute approximate surface area is 125 Å². The van der Waals surface area contributed by atoms with Crippen LogP contribution in [0.2, 0.25) is 0 Å². The maximum Gasteiger partial charge on any atom is 0.321 e. The summed E-state index contributed by atoms with van der Waals surface area (Å²) in [6.07, 6.45) is -0.760. The largest absolute Gasteiger partial charge is 0.480 e. The number of ether oxygens (including phenoxy) is 1. The molecule has 0 bridgehead atoms. The van der Waals surface area contributed by atoms with E-state index in [1.165, 1.54) is 7.05 Å². The smallest absolute Gasteiger partial charge is 0.321 e. The van der Waals surface area contributed by atoms with Crippen molar-refractivity contribution in [2.24, 2.45) is 0 Å². The number of hydrogen-bond acceptors (Lipinski definition) is 4. The van der Waals surface area contributed by atoms with Crippen LogP contribution in [0, 0.1) is 6.92 Å². The number of rotatable bonds is 6. The Balaban J connectivity index is 2.81. The first-order valence-corrected chi connectivity index (χ1v) is 6.98. The summed E-state index contributed by atoms with van der Waals surface area (Å²) < 4.78 is 5.75. The molecule has 1 rings (SSSR count). The minimum Gasteiger partial charge on any atom is -0.480 e. The fourth-order valence-corrected chi connectivity index (χ4v) is 1.79. The summed E-state index contributed by atoms with van der Waals surface area (Å²) in [6, 6.07) is 5.28. The van der Waals surface area contributed by atoms with Crippen LogP contribution in [0.25, 0.3) is 0 Å². The van der Waals surface area contributed by atoms with Crippen LogP contribution in [0.4, 0.5) is 4.79 Å². The standard InChI is InChI=1S/C15H23N3O3/c1-5-17-9-12-8-6-7-10(2)13(12)21-11(3)14(19)18-15(20)16-4/h6-8,11,17H,5,9H2,1-4H3,(H2,16,18,19,20). The second-order valence-corrected chi connectivity index (χ2v) is 4.67. The molecule has 1 aromatic carbocycles. The highest BCUT2D eigenvalue weighted by Crippen LogP contribution is 2.24. The van der Waals surface area contributed by atoms with Gasteiger partial charge in [-0.15, -0.1) is 0 Å². The minimum atomic E-state index is -0.760. The van der Waals surface area contributed by atoms with Gasteiger partial charge in [0.2, 0.25) is 0 Å². The van der Waals surface area contributed by atoms with Crippen molar-refractivity contribution in [1.29, 1.82) is 0 Å². The molecule has 0 fully saturated rings. The average molecular weight is 293 g/mol. The Kier molecular flexibility index (Phi) is 6.68. The molecule has 116 valence electrons. The van der Waals surface area contributed by atoms with Crippen LogP contribution >= 0.6 is 0 Å². The molecular weight excluding hydrogens is 270 g/mol. The van der Waals surface area contributed by atoms with Gasteiger partial charge in [-0.3, -0.25) is 10.1 Å². The molecule has 0 radical (unpaired) electrons. The van der Waals surface area contributed by atoms with Crippen LogP contribution < -0.4 is 20.7 Å². The predicted molar refractivity (Wildman–Crippen MR) is 81.2 cm³/mol. The van der Waals surface area contributed by atoms with Crippen molar-refractivity contribution >= 4 is 11.9 Å². The first kappa shape index (κ1) is 17.0. The lowest BCUT2D eigenvalue weighted by Gasteiger charge is -2.19. The van der Waals surface area contributed by atoms with Crippen molar-refractivity contribution in [3.63, 3.8) is 0 Å². The Morgan fingerprint density at radius 1 is 1.33 bits per heavy atom. The van der Waals surface area contributed by atoms with E-state index in [0.29, 0.717) is 12.3 Å². The molecule has 1 aromatic rings. The van der Waals surface area contributed by atoms with Gasteiger partial charge in [-0.25, -0.2) is 4.79 Å². The number of aryl methyl sites for hydroxylation is 1. The van der Waals surface area contributed by atoms with Crippen LogP contribution in [0.3, 0.4) is 0 Å². The Bertz CT molecular complexity index is 503. The normalized spacial score (nSPS) is 11.6. The van der Waals surface area contributed by atoms with Gasteiger partial charge >= 0.3 is 6.03 Å². The zero-order valence-corrected chi connectivity index (χ0v) is 12.9. The number of imide groups is 1. The fourth-order valence-electron chi connectivity index (χ4n) is 1.79. The summed E-state index contributed by atoms with van der Waals surface area (Å²) in [4.78, 5) is 23.0. The average Bonchev–Trinajstić information content (AvgIpc) is 2.47. The van der Waals surface area contributed by atoms with Crippen LogP contribution in [-0.2, 0) is 11.3 Å². The van der Waals surface area contributed by atoms with Gasteiger partial charge in [-0.1, -0.05) is 25.1 Å². The van der Waals surface area contributed by atoms with E-state index in [0.717, 1.165) is 17.7 Å². The van der Waals surface area contributed by atoms with E-state index in [-0.39, 0.29) is 0 Å². The third kappa shape index (κ3) is 5.07. The van der Waals surface area contributed by atoms with Gasteiger partial charge in [0.1, 0.15) is 5.75 Å². The van der Waals surface area contributed by atoms with Crippen molar-refractivity contribution in [2.75, 3.05) is 13.6 Å². The van der Waals surface area contributed by atoms with E-state index < -0.39 is 18.0 Å². The molecule has 1 unspecified atom stereocenters. The highest BCUT2D eigenvalue weighted by atomic mass is 16.5. The SMILES string of the molecule is CCNCc1cccc(C)c1OC(C)C(=O)NC(=O)NC. The second kappa shape index (κ2) is 8.26. The summed E-state index contributed by atoms with van der Waals surface area (Å²) in [5.74, 6) is 0.199. The topological polar surface area (TPSA) is 79.5 Å². The third-order valence-electron chi connectivity index (χ3n) is 2.99. The van der Waals surface area contributed by atoms with E-state index >= 15 is 0 Å². The zero-order chi connectivity index (χ0) is 15.8. The van der Waals surface area contributed by atoms with Crippen molar-refractivity contribution < 1.29 is 14.3 Å². The number of carbonyl (C=O) groups excluding carboxylic acids is 2. The number of para-hydroxylation sites is 1. The number of urea groups is 1. The van der Waals surface area contributed by atoms with Gasteiger partial charge in [-0.05, 0) is 26.0 Å². The molecule has 1 atom stereocenters. The first-order valence-electron chi connectivity index (χ1n) is 6.98. The summed E-state index contributed by atoms with van der Waals surface area (Å²) in [5.41, 5.74) is 1.93. The molecule has 0 saturated heterocycles. The molecule has 0 heterocycles. The molecule has 6 heteroatoms. The fraction of sp³-hybridized carbons (Fsp3) is 0.467. The van der Waals surface area contributed by atoms with Crippen molar-refractivity contribution in [3.8, 4) is 5.75 Å². The van der Waals surface area contributed by atoms with Crippen LogP contribution in [0.1, 0.15) is 25.0 Å². The lowest BCUT2D eigenvalue weighted by molar-refractivity contribution is -0.126. The molecule has 21 heavy (non-hydrogen) atoms. The van der Waals surface area contributed by atoms with Crippen LogP contribution in [0.15, 0.2) is 18.2 Å². The number of amides is 3. The third-order valence-corrected chi connectivity index (χ3v) is 2.99. The number of carbonyl (C=O) groups is 2. The maximum absolute atomic E-state index is 11.8. The Morgan fingerprint density at radius 2 is 2.05 bits per heavy atom. The van der Waals surface area contributed by atoms with Gasteiger partial charge < -0.3 is 15.4 Å². The number of benzene rings is 1. The van der Waals surface area contributed by atoms with Crippen LogP contribution in [0.5, 0.6) is 5.75 Å². The van der Waals surface area contributed by atoms with Gasteiger partial charge in [0.15, 0.2) is 6.10 Å². The molecule has 3 N–H and O–H groups in total. The number of hydrogen-bond donors (Lipinski definition) is 3. The molecule has 0 aliphatic carbocycles. The molecule has 3 amide bonds. The van der Waals surface area contributed by atoms with E-state index in [1.54, 1.807) is 6.92 Å². The van der Waals surface area contributed by atoms with E-state index in [9.17, 15) is 9.59 Å². The molecule has 0 aliphatic heterocycles. The summed E-state index contributed by atoms with van der Waals surface area (Å²) in [6.45, 7) is 7.07. The van der Waals surface area contributed by atoms with Gasteiger partial charge in [0.05, 0.1) is 0 Å². The van der Waals surface area contributed by atoms with Crippen LogP contribution in [-0.4, -0.2) is 31.6 Å². The zero-order valence-electron chi connectivity index (χ0n) is 12.9. The number of nitrogens with one attached hydrogen (secondary N) is 3. The lowest BCUT2D eigenvalue weighted by atomic mass is 10.1. The molecule has 0 aromatic heterocycles. The van der Waals surface area contributed by atoms with E-state index in [1.807, 2.05) is 32.0 Å². The highest BCUT2D eigenvalue weighted by molar-refractivity contribution is 5.96. The van der Waals surface area contributed by atoms with E-state index in [2.05, 4.69) is 16.0 Å². The van der Waals surface area contributed by atoms with Crippen molar-refractivity contribution in [1.82, 2.24) is 16.0 Å². The maximum atomic E-state index is 11.8.